The maximum absolute atomic E-state index is 8.83. The van der Waals surface area contributed by atoms with Crippen LogP contribution in [0.3, 0.4) is 0 Å². The summed E-state index contributed by atoms with van der Waals surface area (Å²) in [4.78, 5) is 0. The summed E-state index contributed by atoms with van der Waals surface area (Å²) in [5.41, 5.74) is 10.8. The molecule has 5 nitrogen and oxygen atoms in total. The first-order chi connectivity index (χ1) is 11.7. The number of fused-ring (bicyclic) bond motifs is 1. The molecule has 0 fully saturated rings. The highest BCUT2D eigenvalue weighted by molar-refractivity contribution is 6.45. The Morgan fingerprint density at radius 3 is 2.42 bits per heavy atom. The van der Waals surface area contributed by atoms with E-state index in [9.17, 15) is 0 Å². The molecule has 0 saturated carbocycles. The van der Waals surface area contributed by atoms with E-state index in [4.69, 9.17) is 16.4 Å². The van der Waals surface area contributed by atoms with Gasteiger partial charge in [0.2, 0.25) is 5.71 Å². The zero-order valence-electron chi connectivity index (χ0n) is 12.8. The second-order valence-corrected chi connectivity index (χ2v) is 5.20. The zero-order chi connectivity index (χ0) is 16.9. The van der Waals surface area contributed by atoms with E-state index in [2.05, 4.69) is 34.8 Å². The van der Waals surface area contributed by atoms with Gasteiger partial charge >= 0.3 is 0 Å². The average molecular weight is 313 g/mol. The first kappa shape index (κ1) is 15.3. The van der Waals surface area contributed by atoms with Gasteiger partial charge in [-0.05, 0) is 34.0 Å². The largest absolute Gasteiger partial charge is 0.382 e. The molecule has 4 N–H and O–H groups in total. The van der Waals surface area contributed by atoms with E-state index in [0.717, 1.165) is 11.1 Å². The number of nitrogens with zero attached hydrogens (tertiary/aromatic N) is 2. The van der Waals surface area contributed by atoms with Crippen molar-refractivity contribution in [1.29, 1.82) is 10.7 Å². The number of hydrogen-bond acceptors (Lipinski definition) is 4. The second-order valence-electron chi connectivity index (χ2n) is 5.20. The number of amidine groups is 1. The van der Waals surface area contributed by atoms with Gasteiger partial charge in [-0.1, -0.05) is 54.6 Å². The molecular formula is C19H15N5. The van der Waals surface area contributed by atoms with Gasteiger partial charge in [0.25, 0.3) is 0 Å². The van der Waals surface area contributed by atoms with E-state index in [1.54, 1.807) is 6.07 Å². The summed E-state index contributed by atoms with van der Waals surface area (Å²) in [5.74, 6) is -0.364. The third-order valence-corrected chi connectivity index (χ3v) is 3.64. The summed E-state index contributed by atoms with van der Waals surface area (Å²) in [5, 5.41) is 22.3. The van der Waals surface area contributed by atoms with Gasteiger partial charge in [0.1, 0.15) is 6.07 Å². The highest BCUT2D eigenvalue weighted by atomic mass is 15.3. The van der Waals surface area contributed by atoms with Gasteiger partial charge < -0.3 is 5.73 Å². The van der Waals surface area contributed by atoms with Gasteiger partial charge in [-0.2, -0.15) is 10.4 Å². The molecule has 3 aromatic rings. The van der Waals surface area contributed by atoms with E-state index in [1.807, 2.05) is 42.5 Å². The Balaban J connectivity index is 1.90. The SMILES string of the molecule is N#C/C(=N\Nc1ccc(-c2cccc3ccccc23)cc1)C(=N)N. The maximum atomic E-state index is 8.83. The van der Waals surface area contributed by atoms with Crippen molar-refractivity contribution < 1.29 is 0 Å². The smallest absolute Gasteiger partial charge is 0.201 e. The third-order valence-electron chi connectivity index (χ3n) is 3.64. The van der Waals surface area contributed by atoms with Crippen LogP contribution in [0.25, 0.3) is 21.9 Å². The number of anilines is 1. The summed E-state index contributed by atoms with van der Waals surface area (Å²) in [7, 11) is 0. The van der Waals surface area contributed by atoms with Gasteiger partial charge in [0, 0.05) is 0 Å². The van der Waals surface area contributed by atoms with Crippen molar-refractivity contribution in [3.8, 4) is 17.2 Å². The minimum Gasteiger partial charge on any atom is -0.382 e. The molecule has 0 spiro atoms. The molecule has 5 heteroatoms. The molecule has 3 rings (SSSR count). The summed E-state index contributed by atoms with van der Waals surface area (Å²) in [6.45, 7) is 0. The molecule has 0 aliphatic rings. The Morgan fingerprint density at radius 2 is 1.71 bits per heavy atom. The summed E-state index contributed by atoms with van der Waals surface area (Å²) in [6.07, 6.45) is 0. The molecular weight excluding hydrogens is 298 g/mol. The van der Waals surface area contributed by atoms with Crippen molar-refractivity contribution in [3.05, 3.63) is 66.7 Å². The van der Waals surface area contributed by atoms with Crippen LogP contribution in [0.2, 0.25) is 0 Å². The van der Waals surface area contributed by atoms with Crippen molar-refractivity contribution in [2.24, 2.45) is 10.8 Å². The fourth-order valence-corrected chi connectivity index (χ4v) is 2.47. The van der Waals surface area contributed by atoms with E-state index < -0.39 is 0 Å². The predicted octanol–water partition coefficient (Wildman–Crippen LogP) is 3.73. The molecule has 116 valence electrons. The van der Waals surface area contributed by atoms with Crippen LogP contribution in [-0.2, 0) is 0 Å². The molecule has 0 aliphatic heterocycles. The number of hydrogen-bond donors (Lipinski definition) is 3. The minimum atomic E-state index is -0.364. The highest BCUT2D eigenvalue weighted by Gasteiger charge is 2.04. The van der Waals surface area contributed by atoms with Crippen molar-refractivity contribution >= 4 is 28.0 Å². The zero-order valence-corrected chi connectivity index (χ0v) is 12.8. The van der Waals surface area contributed by atoms with Gasteiger partial charge in [-0.25, -0.2) is 0 Å². The molecule has 0 aliphatic carbocycles. The van der Waals surface area contributed by atoms with Gasteiger partial charge in [-0.3, -0.25) is 10.8 Å². The van der Waals surface area contributed by atoms with Gasteiger partial charge in [0.05, 0.1) is 5.69 Å². The van der Waals surface area contributed by atoms with Crippen LogP contribution in [-0.4, -0.2) is 11.5 Å². The summed E-state index contributed by atoms with van der Waals surface area (Å²) < 4.78 is 0. The molecule has 0 aromatic heterocycles. The van der Waals surface area contributed by atoms with E-state index in [-0.39, 0.29) is 11.5 Å². The van der Waals surface area contributed by atoms with Crippen LogP contribution in [0, 0.1) is 16.7 Å². The maximum Gasteiger partial charge on any atom is 0.201 e. The number of benzene rings is 3. The standard InChI is InChI=1S/C19H15N5/c20-12-18(19(21)22)24-23-15-10-8-14(9-11-15)17-7-3-5-13-4-1-2-6-16(13)17/h1-11,23H,(H3,21,22)/b24-18+. The van der Waals surface area contributed by atoms with Crippen molar-refractivity contribution in [3.63, 3.8) is 0 Å². The quantitative estimate of drug-likeness (QED) is 0.389. The molecule has 3 aromatic carbocycles. The highest BCUT2D eigenvalue weighted by Crippen LogP contribution is 2.29. The molecule has 24 heavy (non-hydrogen) atoms. The number of nitriles is 1. The van der Waals surface area contributed by atoms with Crippen LogP contribution in [0.15, 0.2) is 71.8 Å². The van der Waals surface area contributed by atoms with Gasteiger partial charge in [-0.15, -0.1) is 0 Å². The molecule has 0 atom stereocenters. The lowest BCUT2D eigenvalue weighted by atomic mass is 9.98. The minimum absolute atomic E-state index is 0.145. The first-order valence-electron chi connectivity index (χ1n) is 7.35. The van der Waals surface area contributed by atoms with Crippen LogP contribution in [0.1, 0.15) is 0 Å². The third kappa shape index (κ3) is 3.08. The predicted molar refractivity (Wildman–Crippen MR) is 98.0 cm³/mol. The first-order valence-corrected chi connectivity index (χ1v) is 7.35. The van der Waals surface area contributed by atoms with Crippen LogP contribution in [0.4, 0.5) is 5.69 Å². The lowest BCUT2D eigenvalue weighted by Crippen LogP contribution is -2.21. The van der Waals surface area contributed by atoms with Crippen molar-refractivity contribution in [2.45, 2.75) is 0 Å². The second kappa shape index (κ2) is 6.63. The molecule has 0 bridgehead atoms. The topological polar surface area (TPSA) is 98.0 Å². The average Bonchev–Trinajstić information content (AvgIpc) is 2.62. The molecule has 0 radical (unpaired) electrons. The lowest BCUT2D eigenvalue weighted by Gasteiger charge is -2.08. The fraction of sp³-hybridized carbons (Fsp3) is 0. The lowest BCUT2D eigenvalue weighted by molar-refractivity contribution is 1.33. The Hall–Kier alpha value is -3.65. The molecule has 0 amide bonds. The number of nitrogens with two attached hydrogens (primary N) is 1. The number of hydrazone groups is 1. The Bertz CT molecular complexity index is 960. The summed E-state index contributed by atoms with van der Waals surface area (Å²) >= 11 is 0. The van der Waals surface area contributed by atoms with Crippen molar-refractivity contribution in [2.75, 3.05) is 5.43 Å². The Morgan fingerprint density at radius 1 is 1.00 bits per heavy atom. The van der Waals surface area contributed by atoms with E-state index in [1.165, 1.54) is 10.8 Å². The number of rotatable bonds is 4. The van der Waals surface area contributed by atoms with Crippen LogP contribution < -0.4 is 11.2 Å². The molecule has 0 heterocycles. The number of nitrogens with one attached hydrogen (secondary N) is 2. The Labute approximate surface area is 139 Å². The van der Waals surface area contributed by atoms with E-state index in [0.29, 0.717) is 5.69 Å². The van der Waals surface area contributed by atoms with Crippen molar-refractivity contribution in [1.82, 2.24) is 0 Å². The monoisotopic (exact) mass is 313 g/mol. The molecule has 0 saturated heterocycles. The normalized spacial score (nSPS) is 11.0. The van der Waals surface area contributed by atoms with E-state index >= 15 is 0 Å². The summed E-state index contributed by atoms with van der Waals surface area (Å²) in [6, 6.07) is 24.0. The fourth-order valence-electron chi connectivity index (χ4n) is 2.47. The van der Waals surface area contributed by atoms with Crippen LogP contribution in [0.5, 0.6) is 0 Å². The molecule has 0 unspecified atom stereocenters. The Kier molecular flexibility index (Phi) is 4.21. The van der Waals surface area contributed by atoms with Gasteiger partial charge in [0.15, 0.2) is 5.84 Å². The van der Waals surface area contributed by atoms with Crippen LogP contribution >= 0.6 is 0 Å².